The smallest absolute Gasteiger partial charge is 0.344 e. The van der Waals surface area contributed by atoms with Gasteiger partial charge in [0.15, 0.2) is 6.10 Å². The summed E-state index contributed by atoms with van der Waals surface area (Å²) < 4.78 is 22.2. The third kappa shape index (κ3) is 6.14. The lowest BCUT2D eigenvalue weighted by Crippen LogP contribution is -2.78. The van der Waals surface area contributed by atoms with Crippen molar-refractivity contribution < 1.29 is 68.5 Å². The van der Waals surface area contributed by atoms with Crippen LogP contribution in [0.3, 0.4) is 0 Å². The van der Waals surface area contributed by atoms with Crippen molar-refractivity contribution in [1.82, 2.24) is 0 Å². The first-order valence-corrected chi connectivity index (χ1v) is 15.2. The largest absolute Gasteiger partial charge is 0.479 e. The fourth-order valence-corrected chi connectivity index (χ4v) is 6.86. The number of esters is 2. The number of carbonyl (C=O) groups excluding carboxylic acids is 2. The molecule has 3 fully saturated rings. The number of hydrogen-bond acceptors (Lipinski definition) is 11. The van der Waals surface area contributed by atoms with Crippen molar-refractivity contribution in [2.45, 2.75) is 107 Å². The first-order chi connectivity index (χ1) is 21.6. The molecule has 0 unspecified atom stereocenters. The summed E-state index contributed by atoms with van der Waals surface area (Å²) in [5, 5.41) is 53.4. The summed E-state index contributed by atoms with van der Waals surface area (Å²) in [6.07, 6.45) is -5.64. The van der Waals surface area contributed by atoms with Crippen LogP contribution in [0.25, 0.3) is 0 Å². The number of carbonyl (C=O) groups is 5. The molecule has 0 spiro atoms. The Labute approximate surface area is 264 Å². The Bertz CT molecular complexity index is 1360. The second-order valence-corrected chi connectivity index (χ2v) is 12.4. The van der Waals surface area contributed by atoms with Crippen LogP contribution in [0, 0.1) is 11.8 Å². The summed E-state index contributed by atoms with van der Waals surface area (Å²) in [6, 6.07) is 9.31. The van der Waals surface area contributed by atoms with E-state index in [1.165, 1.54) is 6.92 Å². The van der Waals surface area contributed by atoms with Crippen molar-refractivity contribution >= 4 is 29.8 Å². The summed E-state index contributed by atoms with van der Waals surface area (Å²) >= 11 is 0. The van der Waals surface area contributed by atoms with Crippen molar-refractivity contribution in [2.24, 2.45) is 11.8 Å². The van der Waals surface area contributed by atoms with Crippen molar-refractivity contribution in [3.8, 4) is 0 Å². The number of aliphatic hydroxyl groups excluding tert-OH is 1. The zero-order valence-corrected chi connectivity index (χ0v) is 25.6. The van der Waals surface area contributed by atoms with Crippen LogP contribution in [-0.4, -0.2) is 96.8 Å². The monoisotopic (exact) mass is 648 g/mol. The molecule has 2 heterocycles. The zero-order chi connectivity index (χ0) is 34.0. The number of hydrogen-bond donors (Lipinski definition) is 5. The number of carboxylic acid groups (broad SMARTS) is 3. The molecule has 1 aliphatic carbocycles. The molecule has 2 saturated heterocycles. The van der Waals surface area contributed by atoms with Gasteiger partial charge in [0.1, 0.15) is 12.2 Å². The number of aliphatic carboxylic acids is 3. The van der Waals surface area contributed by atoms with Crippen molar-refractivity contribution in [2.75, 3.05) is 0 Å². The SMILES string of the molecule is C=C(CC[C@]12O[C@H](C(=O)O)[C@@](O)(C(=O)O)[C@](C(=O)O)(O1)[C@H](OC(=O)C1CCCCC1)[C@H]2O)[C@@H](OC(C)=O)[C@H](C)Cc1ccccc1. The molecule has 14 nitrogen and oxygen atoms in total. The van der Waals surface area contributed by atoms with Gasteiger partial charge in [-0.1, -0.05) is 63.1 Å². The fraction of sp³-hybridized carbons (Fsp3) is 0.594. The van der Waals surface area contributed by atoms with E-state index in [-0.39, 0.29) is 17.9 Å². The minimum absolute atomic E-state index is 0.217. The van der Waals surface area contributed by atoms with E-state index in [0.29, 0.717) is 32.1 Å². The fourth-order valence-electron chi connectivity index (χ4n) is 6.86. The average molecular weight is 649 g/mol. The van der Waals surface area contributed by atoms with Gasteiger partial charge in [0.2, 0.25) is 23.1 Å². The molecule has 2 bridgehead atoms. The summed E-state index contributed by atoms with van der Waals surface area (Å²) in [7, 11) is 0. The van der Waals surface area contributed by atoms with E-state index in [9.17, 15) is 49.5 Å². The van der Waals surface area contributed by atoms with Gasteiger partial charge in [-0.25, -0.2) is 14.4 Å². The first-order valence-electron chi connectivity index (χ1n) is 15.2. The van der Waals surface area contributed by atoms with E-state index in [0.717, 1.165) is 12.0 Å². The predicted octanol–water partition coefficient (Wildman–Crippen LogP) is 1.84. The molecule has 46 heavy (non-hydrogen) atoms. The maximum Gasteiger partial charge on any atom is 0.344 e. The molecular formula is C32H40O14. The highest BCUT2D eigenvalue weighted by Crippen LogP contribution is 2.56. The number of carboxylic acids is 3. The minimum atomic E-state index is -3.86. The molecule has 1 saturated carbocycles. The second kappa shape index (κ2) is 13.5. The van der Waals surface area contributed by atoms with E-state index in [2.05, 4.69) is 6.58 Å². The predicted molar refractivity (Wildman–Crippen MR) is 155 cm³/mol. The third-order valence-corrected chi connectivity index (χ3v) is 9.19. The Morgan fingerprint density at radius 1 is 1.02 bits per heavy atom. The summed E-state index contributed by atoms with van der Waals surface area (Å²) in [5.41, 5.74) is -6.15. The summed E-state index contributed by atoms with van der Waals surface area (Å²) in [4.78, 5) is 63.0. The molecule has 2 aliphatic heterocycles. The van der Waals surface area contributed by atoms with E-state index in [1.54, 1.807) is 0 Å². The molecule has 0 amide bonds. The van der Waals surface area contributed by atoms with Gasteiger partial charge in [0.25, 0.3) is 0 Å². The van der Waals surface area contributed by atoms with Gasteiger partial charge in [0.05, 0.1) is 5.92 Å². The van der Waals surface area contributed by atoms with Gasteiger partial charge in [0, 0.05) is 19.3 Å². The van der Waals surface area contributed by atoms with Crippen LogP contribution in [0.15, 0.2) is 42.5 Å². The topological polar surface area (TPSA) is 223 Å². The highest BCUT2D eigenvalue weighted by Gasteiger charge is 2.85. The maximum atomic E-state index is 13.2. The normalized spacial score (nSPS) is 32.1. The Kier molecular flexibility index (Phi) is 10.3. The molecule has 252 valence electrons. The Morgan fingerprint density at radius 3 is 2.20 bits per heavy atom. The van der Waals surface area contributed by atoms with Crippen LogP contribution in [0.4, 0.5) is 0 Å². The lowest BCUT2D eigenvalue weighted by molar-refractivity contribution is -0.374. The Morgan fingerprint density at radius 2 is 1.65 bits per heavy atom. The van der Waals surface area contributed by atoms with Crippen molar-refractivity contribution in [1.29, 1.82) is 0 Å². The number of rotatable bonds is 13. The highest BCUT2D eigenvalue weighted by atomic mass is 16.8. The second-order valence-electron chi connectivity index (χ2n) is 12.4. The van der Waals surface area contributed by atoms with E-state index >= 15 is 0 Å². The van der Waals surface area contributed by atoms with E-state index < -0.39 is 83.6 Å². The van der Waals surface area contributed by atoms with Gasteiger partial charge in [-0.2, -0.15) is 0 Å². The van der Waals surface area contributed by atoms with E-state index in [1.807, 2.05) is 37.3 Å². The van der Waals surface area contributed by atoms with E-state index in [4.69, 9.17) is 18.9 Å². The molecule has 3 aliphatic rings. The Hall–Kier alpha value is -3.85. The van der Waals surface area contributed by atoms with Crippen LogP contribution < -0.4 is 0 Å². The van der Waals surface area contributed by atoms with Gasteiger partial charge < -0.3 is 44.5 Å². The van der Waals surface area contributed by atoms with Crippen LogP contribution in [0.1, 0.15) is 64.4 Å². The third-order valence-electron chi connectivity index (χ3n) is 9.19. The number of ether oxygens (including phenoxy) is 4. The maximum absolute atomic E-state index is 13.2. The number of aliphatic hydroxyl groups is 2. The standard InChI is InChI=1S/C32H40O14/c1-17(22(43-19(3)33)18(2)16-20-10-6-4-7-11-20)14-15-30-23(34)24(44-27(37)21-12-8-5-9-13-21)32(46-30,29(40)41)31(42,28(38)39)25(45-30)26(35)36/h4,6-7,10-11,18,21-25,34,42H,1,5,8-9,12-16H2,2-3H3,(H,35,36)(H,38,39)(H,40,41)/t18-,22-,23-,24-,25-,30+,31-,32+/m1/s1. The molecule has 5 N–H and O–H groups in total. The summed E-state index contributed by atoms with van der Waals surface area (Å²) in [6.45, 7) is 7.04. The molecular weight excluding hydrogens is 608 g/mol. The van der Waals surface area contributed by atoms with Crippen LogP contribution in [0.5, 0.6) is 0 Å². The van der Waals surface area contributed by atoms with Gasteiger partial charge >= 0.3 is 29.8 Å². The molecule has 4 rings (SSSR count). The molecule has 8 atom stereocenters. The van der Waals surface area contributed by atoms with Crippen LogP contribution in [0.2, 0.25) is 0 Å². The molecule has 0 radical (unpaired) electrons. The molecule has 14 heteroatoms. The average Bonchev–Trinajstić information content (AvgIpc) is 3.23. The molecule has 1 aromatic carbocycles. The Balaban J connectivity index is 1.70. The van der Waals surface area contributed by atoms with Gasteiger partial charge in [-0.3, -0.25) is 9.59 Å². The van der Waals surface area contributed by atoms with Gasteiger partial charge in [-0.05, 0) is 36.8 Å². The lowest BCUT2D eigenvalue weighted by Gasteiger charge is -2.48. The van der Waals surface area contributed by atoms with Gasteiger partial charge in [-0.15, -0.1) is 0 Å². The number of fused-ring (bicyclic) bond motifs is 2. The quantitative estimate of drug-likeness (QED) is 0.152. The molecule has 0 aromatic heterocycles. The first kappa shape index (κ1) is 35.0. The zero-order valence-electron chi connectivity index (χ0n) is 25.6. The summed E-state index contributed by atoms with van der Waals surface area (Å²) in [5.74, 6) is -11.8. The van der Waals surface area contributed by atoms with Crippen molar-refractivity contribution in [3.05, 3.63) is 48.0 Å². The highest BCUT2D eigenvalue weighted by molar-refractivity contribution is 5.98. The number of benzene rings is 1. The van der Waals surface area contributed by atoms with Crippen LogP contribution >= 0.6 is 0 Å². The minimum Gasteiger partial charge on any atom is -0.479 e. The van der Waals surface area contributed by atoms with Crippen LogP contribution in [-0.2, 0) is 49.3 Å². The molecule has 1 aromatic rings. The lowest BCUT2D eigenvalue weighted by atomic mass is 9.74. The van der Waals surface area contributed by atoms with Crippen molar-refractivity contribution in [3.63, 3.8) is 0 Å².